The molecule has 0 N–H and O–H groups in total. The average molecular weight is 744 g/mol. The summed E-state index contributed by atoms with van der Waals surface area (Å²) in [6.45, 7) is 0. The van der Waals surface area contributed by atoms with E-state index in [0.29, 0.717) is 5.58 Å². The first-order valence-electron chi connectivity index (χ1n) is 19.9. The van der Waals surface area contributed by atoms with Crippen molar-refractivity contribution in [2.45, 2.75) is 12.8 Å². The number of hydrogen-bond donors (Lipinski definition) is 0. The summed E-state index contributed by atoms with van der Waals surface area (Å²) in [5.74, 6) is 0.721. The van der Waals surface area contributed by atoms with Gasteiger partial charge in [0.05, 0.1) is 27.6 Å². The Bertz CT molecular complexity index is 3690. The van der Waals surface area contributed by atoms with E-state index in [0.717, 1.165) is 79.5 Å². The topological polar surface area (TPSA) is 53.7 Å². The van der Waals surface area contributed by atoms with Gasteiger partial charge in [-0.2, -0.15) is 0 Å². The number of benzene rings is 7. The zero-order valence-electron chi connectivity index (χ0n) is 31.3. The number of para-hydroxylation sites is 4. The highest BCUT2D eigenvalue weighted by Crippen LogP contribution is 2.41. The summed E-state index contributed by atoms with van der Waals surface area (Å²) in [6, 6.07) is 56.7. The van der Waals surface area contributed by atoms with Gasteiger partial charge >= 0.3 is 0 Å². The zero-order chi connectivity index (χ0) is 37.9. The van der Waals surface area contributed by atoms with Gasteiger partial charge in [0.1, 0.15) is 17.4 Å². The van der Waals surface area contributed by atoms with E-state index >= 15 is 0 Å². The van der Waals surface area contributed by atoms with E-state index in [9.17, 15) is 0 Å². The lowest BCUT2D eigenvalue weighted by molar-refractivity contribution is 0.662. The maximum absolute atomic E-state index is 6.75. The van der Waals surface area contributed by atoms with Crippen LogP contribution in [0.2, 0.25) is 0 Å². The number of nitrogens with zero attached hydrogens (tertiary/aromatic N) is 5. The van der Waals surface area contributed by atoms with Crippen molar-refractivity contribution < 1.29 is 4.42 Å². The third kappa shape index (κ3) is 4.37. The Balaban J connectivity index is 1.01. The van der Waals surface area contributed by atoms with Crippen molar-refractivity contribution in [3.05, 3.63) is 181 Å². The standard InChI is InChI=1S/C52H33N5O/c1-2-12-34(13-3-1)55-45-20-10-7-17-39(45)41-28-32(23-26-47(41)55)33-22-25-40-38-16-6-11-21-46(38)57(48(40)29-33)52-51-50(53-31-54-52)42-30-35(24-27-49(42)58-51)56-43-18-8-4-14-36(43)37-15-5-9-19-44(37)56/h1-4,6-14,16-31H,5,15H2. The van der Waals surface area contributed by atoms with Gasteiger partial charge in [0, 0.05) is 49.4 Å². The predicted molar refractivity (Wildman–Crippen MR) is 238 cm³/mol. The van der Waals surface area contributed by atoms with Crippen molar-refractivity contribution in [3.8, 4) is 28.3 Å². The molecule has 58 heavy (non-hydrogen) atoms. The van der Waals surface area contributed by atoms with Gasteiger partial charge in [-0.15, -0.1) is 0 Å². The second kappa shape index (κ2) is 11.9. The Morgan fingerprint density at radius 2 is 1.14 bits per heavy atom. The van der Waals surface area contributed by atoms with Crippen molar-refractivity contribution >= 4 is 82.7 Å². The number of fused-ring (bicyclic) bond motifs is 12. The molecule has 0 atom stereocenters. The second-order valence-electron chi connectivity index (χ2n) is 15.3. The summed E-state index contributed by atoms with van der Waals surface area (Å²) >= 11 is 0. The van der Waals surface area contributed by atoms with Crippen molar-refractivity contribution in [1.29, 1.82) is 0 Å². The van der Waals surface area contributed by atoms with Crippen LogP contribution >= 0.6 is 0 Å². The van der Waals surface area contributed by atoms with Crippen LogP contribution in [0, 0.1) is 0 Å². The Kier molecular flexibility index (Phi) is 6.46. The van der Waals surface area contributed by atoms with Gasteiger partial charge in [0.25, 0.3) is 0 Å². The molecule has 0 saturated heterocycles. The smallest absolute Gasteiger partial charge is 0.197 e. The molecule has 6 nitrogen and oxygen atoms in total. The molecule has 1 aliphatic rings. The molecule has 12 aromatic rings. The molecule has 5 aromatic heterocycles. The molecule has 0 bridgehead atoms. The highest BCUT2D eigenvalue weighted by molar-refractivity contribution is 6.14. The van der Waals surface area contributed by atoms with Gasteiger partial charge in [-0.3, -0.25) is 4.57 Å². The zero-order valence-corrected chi connectivity index (χ0v) is 31.3. The number of hydrogen-bond acceptors (Lipinski definition) is 3. The number of allylic oxidation sites excluding steroid dienone is 1. The molecule has 0 fully saturated rings. The third-order valence-corrected chi connectivity index (χ3v) is 12.2. The van der Waals surface area contributed by atoms with Crippen molar-refractivity contribution in [3.63, 3.8) is 0 Å². The Hall–Kier alpha value is -7.70. The molecule has 0 radical (unpaired) electrons. The first-order chi connectivity index (χ1) is 28.8. The van der Waals surface area contributed by atoms with Crippen molar-refractivity contribution in [2.24, 2.45) is 0 Å². The van der Waals surface area contributed by atoms with Crippen LogP contribution in [0.3, 0.4) is 0 Å². The van der Waals surface area contributed by atoms with E-state index in [1.807, 2.05) is 0 Å². The van der Waals surface area contributed by atoms with E-state index in [-0.39, 0.29) is 0 Å². The van der Waals surface area contributed by atoms with Crippen LogP contribution in [-0.2, 0) is 6.42 Å². The van der Waals surface area contributed by atoms with E-state index in [1.54, 1.807) is 6.33 Å². The largest absolute Gasteiger partial charge is 0.450 e. The average Bonchev–Trinajstić information content (AvgIpc) is 4.02. The minimum Gasteiger partial charge on any atom is -0.450 e. The van der Waals surface area contributed by atoms with Crippen molar-refractivity contribution in [1.82, 2.24) is 23.7 Å². The van der Waals surface area contributed by atoms with E-state index in [2.05, 4.69) is 184 Å². The molecule has 0 aliphatic heterocycles. The minimum atomic E-state index is 0.664. The lowest BCUT2D eigenvalue weighted by Gasteiger charge is -2.12. The fourth-order valence-corrected chi connectivity index (χ4v) is 9.70. The van der Waals surface area contributed by atoms with Gasteiger partial charge in [-0.25, -0.2) is 9.97 Å². The van der Waals surface area contributed by atoms with Gasteiger partial charge in [0.2, 0.25) is 0 Å². The fraction of sp³-hybridized carbons (Fsp3) is 0.0385. The minimum absolute atomic E-state index is 0.664. The molecular weight excluding hydrogens is 711 g/mol. The molecule has 13 rings (SSSR count). The van der Waals surface area contributed by atoms with Crippen LogP contribution < -0.4 is 0 Å². The fourth-order valence-electron chi connectivity index (χ4n) is 9.70. The summed E-state index contributed by atoms with van der Waals surface area (Å²) in [7, 11) is 0. The highest BCUT2D eigenvalue weighted by Gasteiger charge is 2.23. The quantitative estimate of drug-likeness (QED) is 0.180. The summed E-state index contributed by atoms with van der Waals surface area (Å²) in [4.78, 5) is 9.84. The first kappa shape index (κ1) is 31.5. The number of aromatic nitrogens is 5. The Morgan fingerprint density at radius 1 is 0.466 bits per heavy atom. The summed E-state index contributed by atoms with van der Waals surface area (Å²) in [6.07, 6.45) is 8.33. The first-order valence-corrected chi connectivity index (χ1v) is 19.9. The Morgan fingerprint density at radius 3 is 1.98 bits per heavy atom. The van der Waals surface area contributed by atoms with E-state index in [4.69, 9.17) is 14.4 Å². The third-order valence-electron chi connectivity index (χ3n) is 12.2. The maximum Gasteiger partial charge on any atom is 0.197 e. The predicted octanol–water partition coefficient (Wildman–Crippen LogP) is 13.1. The lowest BCUT2D eigenvalue weighted by atomic mass is 10.0. The van der Waals surface area contributed by atoms with Crippen LogP contribution in [0.1, 0.15) is 17.7 Å². The van der Waals surface area contributed by atoms with E-state index < -0.39 is 0 Å². The molecule has 1 aliphatic carbocycles. The number of furan rings is 1. The number of aryl methyl sites for hydroxylation is 1. The van der Waals surface area contributed by atoms with Crippen LogP contribution in [0.5, 0.6) is 0 Å². The molecule has 6 heteroatoms. The van der Waals surface area contributed by atoms with Crippen molar-refractivity contribution in [2.75, 3.05) is 0 Å². The van der Waals surface area contributed by atoms with Gasteiger partial charge in [-0.1, -0.05) is 97.1 Å². The highest BCUT2D eigenvalue weighted by atomic mass is 16.3. The van der Waals surface area contributed by atoms with Crippen LogP contribution in [-0.4, -0.2) is 23.7 Å². The van der Waals surface area contributed by atoms with E-state index in [1.165, 1.54) is 44.0 Å². The van der Waals surface area contributed by atoms with Crippen LogP contribution in [0.4, 0.5) is 0 Å². The number of rotatable bonds is 4. The second-order valence-corrected chi connectivity index (χ2v) is 15.3. The normalized spacial score (nSPS) is 13.0. The van der Waals surface area contributed by atoms with Gasteiger partial charge in [0.15, 0.2) is 11.4 Å². The van der Waals surface area contributed by atoms with Crippen LogP contribution in [0.15, 0.2) is 175 Å². The summed E-state index contributed by atoms with van der Waals surface area (Å²) in [5, 5.41) is 7.05. The molecule has 5 heterocycles. The monoisotopic (exact) mass is 743 g/mol. The molecule has 0 unspecified atom stereocenters. The molecule has 7 aromatic carbocycles. The molecule has 0 spiro atoms. The maximum atomic E-state index is 6.75. The summed E-state index contributed by atoms with van der Waals surface area (Å²) in [5.41, 5.74) is 15.1. The van der Waals surface area contributed by atoms with Gasteiger partial charge in [-0.05, 0) is 102 Å². The Labute approximate surface area is 332 Å². The van der Waals surface area contributed by atoms with Gasteiger partial charge < -0.3 is 13.6 Å². The molecular formula is C52H33N5O. The molecule has 272 valence electrons. The lowest BCUT2D eigenvalue weighted by Crippen LogP contribution is -2.00. The van der Waals surface area contributed by atoms with Crippen LogP contribution in [0.25, 0.3) is 111 Å². The molecule has 0 amide bonds. The molecule has 0 saturated carbocycles. The SMILES string of the molecule is C1=Cc2c(c3ccccc3n2-c2ccc3oc4c(-n5c6ccccc6c6ccc(-c7ccc8c(c7)c7ccccc7n8-c7ccccc7)cc65)ncnc4c3c2)CC1. The summed E-state index contributed by atoms with van der Waals surface area (Å²) < 4.78 is 13.7.